The molecule has 2 aromatic carbocycles. The van der Waals surface area contributed by atoms with Crippen molar-refractivity contribution in [3.63, 3.8) is 0 Å². The zero-order valence-electron chi connectivity index (χ0n) is 19.0. The minimum absolute atomic E-state index is 0.00930. The van der Waals surface area contributed by atoms with Crippen LogP contribution in [0.5, 0.6) is 11.5 Å². The van der Waals surface area contributed by atoms with Gasteiger partial charge in [0.05, 0.1) is 22.0 Å². The van der Waals surface area contributed by atoms with Gasteiger partial charge < -0.3 is 23.5 Å². The largest absolute Gasteiger partial charge is 0.486 e. The molecule has 5 rings (SSSR count). The molecular weight excluding hydrogens is 478 g/mol. The number of ether oxygens (including phenoxy) is 3. The molecule has 0 amide bonds. The van der Waals surface area contributed by atoms with Gasteiger partial charge in [-0.3, -0.25) is 10.1 Å². The molecule has 1 fully saturated rings. The van der Waals surface area contributed by atoms with Gasteiger partial charge in [-0.1, -0.05) is 12.1 Å². The monoisotopic (exact) mass is 501 g/mol. The van der Waals surface area contributed by atoms with Crippen molar-refractivity contribution in [1.82, 2.24) is 4.98 Å². The summed E-state index contributed by atoms with van der Waals surface area (Å²) in [4.78, 5) is 17.0. The van der Waals surface area contributed by atoms with E-state index in [9.17, 15) is 18.5 Å². The maximum atomic E-state index is 13.8. The van der Waals surface area contributed by atoms with Crippen LogP contribution in [0.4, 0.5) is 11.6 Å². The molecule has 2 aliphatic rings. The zero-order valence-corrected chi connectivity index (χ0v) is 19.9. The number of nitro groups is 1. The Hall–Kier alpha value is -3.64. The standard InChI is InChI=1S/C23H23N3O8S/c1-14-12-25(13-15(2)33-14)23-22(24-21(34-23)17-5-3-4-6-18(17)26(27)28)35(29,30)16-7-8-19-20(11-16)32-10-9-31-19/h3-8,11,14-15H,9-10,12-13H2,1-2H3. The second-order valence-corrected chi connectivity index (χ2v) is 10.2. The first-order valence-electron chi connectivity index (χ1n) is 11.0. The number of aromatic nitrogens is 1. The summed E-state index contributed by atoms with van der Waals surface area (Å²) in [5.74, 6) is 0.618. The van der Waals surface area contributed by atoms with E-state index >= 15 is 0 Å². The Labute approximate surface area is 201 Å². The van der Waals surface area contributed by atoms with E-state index in [1.54, 1.807) is 11.0 Å². The number of rotatable bonds is 5. The number of nitrogens with zero attached hydrogens (tertiary/aromatic N) is 3. The molecule has 35 heavy (non-hydrogen) atoms. The van der Waals surface area contributed by atoms with E-state index in [1.165, 1.54) is 36.4 Å². The second kappa shape index (κ2) is 8.86. The highest BCUT2D eigenvalue weighted by Crippen LogP contribution is 2.40. The summed E-state index contributed by atoms with van der Waals surface area (Å²) in [5.41, 5.74) is -0.163. The zero-order chi connectivity index (χ0) is 24.7. The van der Waals surface area contributed by atoms with Gasteiger partial charge in [0, 0.05) is 25.2 Å². The Morgan fingerprint density at radius 3 is 2.43 bits per heavy atom. The minimum Gasteiger partial charge on any atom is -0.486 e. The summed E-state index contributed by atoms with van der Waals surface area (Å²) in [7, 11) is -4.20. The van der Waals surface area contributed by atoms with Crippen LogP contribution in [0.25, 0.3) is 11.5 Å². The van der Waals surface area contributed by atoms with Gasteiger partial charge in [-0.25, -0.2) is 8.42 Å². The molecule has 0 N–H and O–H groups in total. The molecule has 0 radical (unpaired) electrons. The van der Waals surface area contributed by atoms with Crippen molar-refractivity contribution in [2.45, 2.75) is 36.0 Å². The number of nitro benzene ring substituents is 1. The number of oxazole rings is 1. The summed E-state index contributed by atoms with van der Waals surface area (Å²) < 4.78 is 50.4. The van der Waals surface area contributed by atoms with Crippen molar-refractivity contribution >= 4 is 21.4 Å². The van der Waals surface area contributed by atoms with Gasteiger partial charge in [0.15, 0.2) is 11.5 Å². The van der Waals surface area contributed by atoms with Gasteiger partial charge >= 0.3 is 0 Å². The molecule has 11 nitrogen and oxygen atoms in total. The number of sulfone groups is 1. The Morgan fingerprint density at radius 1 is 1.03 bits per heavy atom. The molecule has 0 spiro atoms. The molecule has 12 heteroatoms. The molecule has 3 heterocycles. The highest BCUT2D eigenvalue weighted by Gasteiger charge is 2.36. The maximum Gasteiger partial charge on any atom is 0.282 e. The molecule has 0 bridgehead atoms. The minimum atomic E-state index is -4.20. The van der Waals surface area contributed by atoms with Crippen LogP contribution in [0.1, 0.15) is 13.8 Å². The topological polar surface area (TPSA) is 134 Å². The lowest BCUT2D eigenvalue weighted by Crippen LogP contribution is -2.45. The van der Waals surface area contributed by atoms with Crippen molar-refractivity contribution in [3.8, 4) is 23.0 Å². The first-order chi connectivity index (χ1) is 16.7. The number of morpholine rings is 1. The molecule has 1 saturated heterocycles. The SMILES string of the molecule is CC1CN(c2oc(-c3ccccc3[N+](=O)[O-])nc2S(=O)(=O)c2ccc3c(c2)OCCO3)CC(C)O1. The number of hydrogen-bond donors (Lipinski definition) is 0. The van der Waals surface area contributed by atoms with Crippen molar-refractivity contribution in [2.75, 3.05) is 31.2 Å². The van der Waals surface area contributed by atoms with E-state index in [0.717, 1.165) is 0 Å². The smallest absolute Gasteiger partial charge is 0.282 e. The number of para-hydroxylation sites is 1. The van der Waals surface area contributed by atoms with Gasteiger partial charge in [-0.15, -0.1) is 0 Å². The average molecular weight is 502 g/mol. The molecule has 0 aliphatic carbocycles. The Bertz CT molecular complexity index is 1380. The van der Waals surface area contributed by atoms with Crippen LogP contribution < -0.4 is 14.4 Å². The van der Waals surface area contributed by atoms with Gasteiger partial charge in [0.25, 0.3) is 5.69 Å². The third kappa shape index (κ3) is 4.30. The van der Waals surface area contributed by atoms with Crippen molar-refractivity contribution in [2.24, 2.45) is 0 Å². The lowest BCUT2D eigenvalue weighted by atomic mass is 10.2. The summed E-state index contributed by atoms with van der Waals surface area (Å²) >= 11 is 0. The number of anilines is 1. The van der Waals surface area contributed by atoms with Crippen molar-refractivity contribution in [3.05, 3.63) is 52.6 Å². The van der Waals surface area contributed by atoms with Crippen LogP contribution in [0.15, 0.2) is 56.8 Å². The van der Waals surface area contributed by atoms with Gasteiger partial charge in [-0.05, 0) is 32.0 Å². The Kier molecular flexibility index (Phi) is 5.85. The first-order valence-corrected chi connectivity index (χ1v) is 12.5. The quantitative estimate of drug-likeness (QED) is 0.378. The Morgan fingerprint density at radius 2 is 1.71 bits per heavy atom. The van der Waals surface area contributed by atoms with Crippen LogP contribution in [-0.4, -0.2) is 56.8 Å². The fourth-order valence-electron chi connectivity index (χ4n) is 4.25. The predicted octanol–water partition coefficient (Wildman–Crippen LogP) is 3.47. The Balaban J connectivity index is 1.66. The fourth-order valence-corrected chi connectivity index (χ4v) is 5.58. The van der Waals surface area contributed by atoms with Crippen LogP contribution in [0, 0.1) is 10.1 Å². The van der Waals surface area contributed by atoms with E-state index in [1.807, 2.05) is 13.8 Å². The molecular formula is C23H23N3O8S. The van der Waals surface area contributed by atoms with Crippen molar-refractivity contribution in [1.29, 1.82) is 0 Å². The van der Waals surface area contributed by atoms with Crippen molar-refractivity contribution < 1.29 is 32.0 Å². The third-order valence-corrected chi connectivity index (χ3v) is 7.35. The summed E-state index contributed by atoms with van der Waals surface area (Å²) in [6, 6.07) is 10.2. The summed E-state index contributed by atoms with van der Waals surface area (Å²) in [6.07, 6.45) is -0.383. The highest BCUT2D eigenvalue weighted by molar-refractivity contribution is 7.91. The van der Waals surface area contributed by atoms with Crippen LogP contribution in [0.2, 0.25) is 0 Å². The van der Waals surface area contributed by atoms with Gasteiger partial charge in [0.1, 0.15) is 18.8 Å². The number of benzene rings is 2. The second-order valence-electron chi connectivity index (χ2n) is 8.37. The van der Waals surface area contributed by atoms with E-state index < -0.39 is 14.8 Å². The predicted molar refractivity (Wildman–Crippen MR) is 124 cm³/mol. The lowest BCUT2D eigenvalue weighted by molar-refractivity contribution is -0.384. The maximum absolute atomic E-state index is 13.8. The molecule has 3 aromatic rings. The highest BCUT2D eigenvalue weighted by atomic mass is 32.2. The van der Waals surface area contributed by atoms with E-state index in [2.05, 4.69) is 4.98 Å². The van der Waals surface area contributed by atoms with E-state index in [-0.39, 0.29) is 45.2 Å². The van der Waals surface area contributed by atoms with Gasteiger partial charge in [-0.2, -0.15) is 4.98 Å². The van der Waals surface area contributed by atoms with Gasteiger partial charge in [0.2, 0.25) is 26.6 Å². The average Bonchev–Trinajstić information content (AvgIpc) is 3.29. The first kappa shape index (κ1) is 23.1. The summed E-state index contributed by atoms with van der Waals surface area (Å²) in [6.45, 7) is 5.14. The van der Waals surface area contributed by atoms with Crippen LogP contribution in [-0.2, 0) is 14.6 Å². The third-order valence-electron chi connectivity index (χ3n) is 5.70. The van der Waals surface area contributed by atoms with Crippen LogP contribution >= 0.6 is 0 Å². The molecule has 2 atom stereocenters. The molecule has 184 valence electrons. The molecule has 1 aromatic heterocycles. The number of hydrogen-bond acceptors (Lipinski definition) is 10. The normalized spacial score (nSPS) is 20.0. The van der Waals surface area contributed by atoms with E-state index in [0.29, 0.717) is 37.8 Å². The molecule has 0 saturated carbocycles. The van der Waals surface area contributed by atoms with E-state index in [4.69, 9.17) is 18.6 Å². The fraction of sp³-hybridized carbons (Fsp3) is 0.348. The summed E-state index contributed by atoms with van der Waals surface area (Å²) in [5, 5.41) is 11.3. The number of fused-ring (bicyclic) bond motifs is 1. The lowest BCUT2D eigenvalue weighted by Gasteiger charge is -2.35. The molecule has 2 unspecified atom stereocenters. The molecule has 2 aliphatic heterocycles. The van der Waals surface area contributed by atoms with Crippen LogP contribution in [0.3, 0.4) is 0 Å².